The highest BCUT2D eigenvalue weighted by molar-refractivity contribution is 5.83. The van der Waals surface area contributed by atoms with Gasteiger partial charge >= 0.3 is 12.0 Å². The summed E-state index contributed by atoms with van der Waals surface area (Å²) in [6, 6.07) is -1.38. The third-order valence-electron chi connectivity index (χ3n) is 2.90. The van der Waals surface area contributed by atoms with E-state index in [9.17, 15) is 9.59 Å². The van der Waals surface area contributed by atoms with Crippen LogP contribution in [0.15, 0.2) is 0 Å². The molecule has 0 aromatic carbocycles. The van der Waals surface area contributed by atoms with Gasteiger partial charge in [-0.2, -0.15) is 0 Å². The van der Waals surface area contributed by atoms with Crippen molar-refractivity contribution in [2.45, 2.75) is 45.8 Å². The van der Waals surface area contributed by atoms with E-state index in [1.165, 1.54) is 0 Å². The number of aliphatic carboxylic acids is 1. The molecule has 1 heterocycles. The standard InChI is InChI=1S/C12H22N2O4/c1-12(2,3)9(10(15)16)14-11(17)13-7-8-5-4-6-18-8/h8-9H,4-7H2,1-3H3,(H,15,16)(H2,13,14,17)/t8?,9-/m0/s1. The Morgan fingerprint density at radius 3 is 2.56 bits per heavy atom. The Balaban J connectivity index is 2.39. The summed E-state index contributed by atoms with van der Waals surface area (Å²) >= 11 is 0. The fourth-order valence-electron chi connectivity index (χ4n) is 1.84. The Morgan fingerprint density at radius 2 is 2.11 bits per heavy atom. The van der Waals surface area contributed by atoms with Gasteiger partial charge in [0, 0.05) is 13.2 Å². The Hall–Kier alpha value is -1.30. The molecule has 6 heteroatoms. The van der Waals surface area contributed by atoms with E-state index in [2.05, 4.69) is 10.6 Å². The summed E-state index contributed by atoms with van der Waals surface area (Å²) in [4.78, 5) is 22.7. The lowest BCUT2D eigenvalue weighted by Crippen LogP contribution is -2.53. The van der Waals surface area contributed by atoms with E-state index in [1.54, 1.807) is 20.8 Å². The number of carboxylic acid groups (broad SMARTS) is 1. The maximum atomic E-state index is 11.6. The van der Waals surface area contributed by atoms with E-state index in [1.807, 2.05) is 0 Å². The SMILES string of the molecule is CC(C)(C)[C@@H](NC(=O)NCC1CCCO1)C(=O)O. The molecular weight excluding hydrogens is 236 g/mol. The number of carbonyl (C=O) groups is 2. The number of hydrogen-bond donors (Lipinski definition) is 3. The number of carboxylic acids is 1. The van der Waals surface area contributed by atoms with Crippen molar-refractivity contribution >= 4 is 12.0 Å². The lowest BCUT2D eigenvalue weighted by molar-refractivity contribution is -0.141. The van der Waals surface area contributed by atoms with Crippen molar-refractivity contribution in [2.75, 3.05) is 13.2 Å². The second-order valence-corrected chi connectivity index (χ2v) is 5.63. The van der Waals surface area contributed by atoms with Crippen LogP contribution in [-0.2, 0) is 9.53 Å². The van der Waals surface area contributed by atoms with Crippen molar-refractivity contribution < 1.29 is 19.4 Å². The van der Waals surface area contributed by atoms with Gasteiger partial charge in [0.25, 0.3) is 0 Å². The Morgan fingerprint density at radius 1 is 1.44 bits per heavy atom. The van der Waals surface area contributed by atoms with E-state index in [-0.39, 0.29) is 6.10 Å². The van der Waals surface area contributed by atoms with Crippen LogP contribution in [0, 0.1) is 5.41 Å². The van der Waals surface area contributed by atoms with Crippen LogP contribution < -0.4 is 10.6 Å². The molecule has 1 unspecified atom stereocenters. The van der Waals surface area contributed by atoms with Crippen LogP contribution in [0.25, 0.3) is 0 Å². The van der Waals surface area contributed by atoms with Gasteiger partial charge in [-0.05, 0) is 18.3 Å². The van der Waals surface area contributed by atoms with E-state index in [0.717, 1.165) is 19.4 Å². The summed E-state index contributed by atoms with van der Waals surface area (Å²) in [5.74, 6) is -1.03. The second kappa shape index (κ2) is 6.04. The maximum Gasteiger partial charge on any atom is 0.326 e. The average molecular weight is 258 g/mol. The summed E-state index contributed by atoms with van der Waals surface area (Å²) in [6.45, 7) is 6.46. The van der Waals surface area contributed by atoms with Crippen molar-refractivity contribution in [3.05, 3.63) is 0 Å². The second-order valence-electron chi connectivity index (χ2n) is 5.63. The van der Waals surface area contributed by atoms with E-state index in [4.69, 9.17) is 9.84 Å². The molecule has 1 rings (SSSR count). The van der Waals surface area contributed by atoms with Gasteiger partial charge in [-0.15, -0.1) is 0 Å². The highest BCUT2D eigenvalue weighted by Gasteiger charge is 2.32. The van der Waals surface area contributed by atoms with E-state index in [0.29, 0.717) is 6.54 Å². The molecule has 0 aromatic rings. The Bertz CT molecular complexity index is 306. The fraction of sp³-hybridized carbons (Fsp3) is 0.833. The van der Waals surface area contributed by atoms with Gasteiger partial charge in [0.05, 0.1) is 6.10 Å². The molecule has 0 radical (unpaired) electrons. The lowest BCUT2D eigenvalue weighted by Gasteiger charge is -2.27. The minimum Gasteiger partial charge on any atom is -0.480 e. The number of urea groups is 1. The molecule has 1 aliphatic rings. The summed E-state index contributed by atoms with van der Waals surface area (Å²) in [5.41, 5.74) is -0.535. The molecule has 3 N–H and O–H groups in total. The average Bonchev–Trinajstić information content (AvgIpc) is 2.73. The molecule has 6 nitrogen and oxygen atoms in total. The molecule has 2 atom stereocenters. The molecule has 0 aromatic heterocycles. The minimum absolute atomic E-state index is 0.0497. The molecule has 104 valence electrons. The van der Waals surface area contributed by atoms with Gasteiger partial charge in [0.2, 0.25) is 0 Å². The zero-order valence-corrected chi connectivity index (χ0v) is 11.2. The van der Waals surface area contributed by atoms with Crippen molar-refractivity contribution in [1.29, 1.82) is 0 Å². The molecule has 0 aliphatic carbocycles. The topological polar surface area (TPSA) is 87.7 Å². The predicted octanol–water partition coefficient (Wildman–Crippen LogP) is 0.964. The Labute approximate surface area is 107 Å². The van der Waals surface area contributed by atoms with Crippen LogP contribution in [0.2, 0.25) is 0 Å². The monoisotopic (exact) mass is 258 g/mol. The molecule has 1 fully saturated rings. The Kier molecular flexibility index (Phi) is 4.95. The van der Waals surface area contributed by atoms with Crippen molar-refractivity contribution in [3.8, 4) is 0 Å². The first-order valence-corrected chi connectivity index (χ1v) is 6.19. The molecular formula is C12H22N2O4. The van der Waals surface area contributed by atoms with Crippen LogP contribution in [0.3, 0.4) is 0 Å². The molecule has 0 bridgehead atoms. The van der Waals surface area contributed by atoms with Crippen LogP contribution in [-0.4, -0.2) is 42.4 Å². The van der Waals surface area contributed by atoms with Crippen LogP contribution in [0.1, 0.15) is 33.6 Å². The first-order valence-electron chi connectivity index (χ1n) is 6.19. The van der Waals surface area contributed by atoms with Gasteiger partial charge in [-0.25, -0.2) is 9.59 Å². The number of hydrogen-bond acceptors (Lipinski definition) is 3. The van der Waals surface area contributed by atoms with Crippen molar-refractivity contribution in [3.63, 3.8) is 0 Å². The number of nitrogens with one attached hydrogen (secondary N) is 2. The molecule has 0 saturated carbocycles. The van der Waals surface area contributed by atoms with Crippen LogP contribution >= 0.6 is 0 Å². The maximum absolute atomic E-state index is 11.6. The quantitative estimate of drug-likeness (QED) is 0.701. The summed E-state index contributed by atoms with van der Waals surface area (Å²) in [5, 5.41) is 14.2. The largest absolute Gasteiger partial charge is 0.480 e. The van der Waals surface area contributed by atoms with Crippen molar-refractivity contribution in [1.82, 2.24) is 10.6 Å². The number of rotatable bonds is 4. The molecule has 2 amide bonds. The molecule has 0 spiro atoms. The van der Waals surface area contributed by atoms with E-state index >= 15 is 0 Å². The van der Waals surface area contributed by atoms with Gasteiger partial charge in [-0.3, -0.25) is 0 Å². The zero-order chi connectivity index (χ0) is 13.8. The fourth-order valence-corrected chi connectivity index (χ4v) is 1.84. The highest BCUT2D eigenvalue weighted by atomic mass is 16.5. The number of amides is 2. The number of ether oxygens (including phenoxy) is 1. The third-order valence-corrected chi connectivity index (χ3v) is 2.90. The molecule has 1 saturated heterocycles. The van der Waals surface area contributed by atoms with Crippen molar-refractivity contribution in [2.24, 2.45) is 5.41 Å². The normalized spacial score (nSPS) is 21.4. The zero-order valence-electron chi connectivity index (χ0n) is 11.2. The van der Waals surface area contributed by atoms with Gasteiger partial charge in [0.15, 0.2) is 0 Å². The first-order chi connectivity index (χ1) is 8.30. The lowest BCUT2D eigenvalue weighted by atomic mass is 9.87. The van der Waals surface area contributed by atoms with Gasteiger partial charge in [-0.1, -0.05) is 20.8 Å². The third kappa shape index (κ3) is 4.52. The minimum atomic E-state index is -1.03. The summed E-state index contributed by atoms with van der Waals surface area (Å²) in [6.07, 6.45) is 1.99. The molecule has 1 aliphatic heterocycles. The summed E-state index contributed by atoms with van der Waals surface area (Å²) < 4.78 is 5.36. The first kappa shape index (κ1) is 14.8. The predicted molar refractivity (Wildman–Crippen MR) is 66.4 cm³/mol. The van der Waals surface area contributed by atoms with E-state index < -0.39 is 23.5 Å². The molecule has 18 heavy (non-hydrogen) atoms. The van der Waals surface area contributed by atoms with Gasteiger partial charge < -0.3 is 20.5 Å². The number of carbonyl (C=O) groups excluding carboxylic acids is 1. The van der Waals surface area contributed by atoms with Gasteiger partial charge in [0.1, 0.15) is 6.04 Å². The smallest absolute Gasteiger partial charge is 0.326 e. The summed E-state index contributed by atoms with van der Waals surface area (Å²) in [7, 11) is 0. The van der Waals surface area contributed by atoms with Crippen LogP contribution in [0.4, 0.5) is 4.79 Å². The van der Waals surface area contributed by atoms with Crippen LogP contribution in [0.5, 0.6) is 0 Å². The highest BCUT2D eigenvalue weighted by Crippen LogP contribution is 2.19.